The molecule has 4 N–H and O–H groups in total. The molecule has 0 aromatic heterocycles. The Bertz CT molecular complexity index is 894. The number of benzene rings is 2. The largest absolute Gasteiger partial charge is 0.480 e. The molecule has 0 spiro atoms. The lowest BCUT2D eigenvalue weighted by Crippen LogP contribution is -2.41. The first kappa shape index (κ1) is 24.1. The first-order valence-corrected chi connectivity index (χ1v) is 9.00. The van der Waals surface area contributed by atoms with Crippen LogP contribution in [0.25, 0.3) is 6.08 Å². The third-order valence-electron chi connectivity index (χ3n) is 3.61. The van der Waals surface area contributed by atoms with E-state index in [9.17, 15) is 19.2 Å². The van der Waals surface area contributed by atoms with Gasteiger partial charge in [0.2, 0.25) is 11.8 Å². The number of hydrogen-bond donors (Lipinski definition) is 4. The Balaban J connectivity index is 0.000000300. The number of aliphatic carboxylic acids is 2. The third kappa shape index (κ3) is 9.84. The summed E-state index contributed by atoms with van der Waals surface area (Å²) in [5.74, 6) is -2.92. The molecule has 158 valence electrons. The number of carbonyl (C=O) groups is 4. The highest BCUT2D eigenvalue weighted by Gasteiger charge is 2.18. The topological polar surface area (TPSA) is 133 Å². The molecule has 0 bridgehead atoms. The van der Waals surface area contributed by atoms with Crippen molar-refractivity contribution >= 4 is 29.8 Å². The standard InChI is InChI=1S/C11H13NO3.C11H11NO3/c2*1-8(13)12-10(11(14)15)7-9-5-3-2-4-6-9/h2-6,10H,7H2,1H3,(H,12,13)(H,14,15);2-7H,1H3,(H,12,13)(H,14,15)/b;10-7-/t10-;/m0./s1. The van der Waals surface area contributed by atoms with Crippen molar-refractivity contribution < 1.29 is 29.4 Å². The normalized spacial score (nSPS) is 11.3. The average Bonchev–Trinajstić information content (AvgIpc) is 2.68. The fourth-order valence-corrected chi connectivity index (χ4v) is 2.35. The fraction of sp³-hybridized carbons (Fsp3) is 0.182. The summed E-state index contributed by atoms with van der Waals surface area (Å²) in [6.45, 7) is 2.57. The van der Waals surface area contributed by atoms with Crippen LogP contribution in [0.3, 0.4) is 0 Å². The zero-order valence-corrected chi connectivity index (χ0v) is 16.7. The summed E-state index contributed by atoms with van der Waals surface area (Å²) in [5.41, 5.74) is 1.48. The van der Waals surface area contributed by atoms with Gasteiger partial charge in [0.05, 0.1) is 0 Å². The van der Waals surface area contributed by atoms with Crippen molar-refractivity contribution in [3.8, 4) is 0 Å². The number of carbonyl (C=O) groups excluding carboxylic acids is 2. The second-order valence-electron chi connectivity index (χ2n) is 6.24. The Kier molecular flexibility index (Phi) is 10.0. The summed E-state index contributed by atoms with van der Waals surface area (Å²) in [4.78, 5) is 43.1. The highest BCUT2D eigenvalue weighted by atomic mass is 16.4. The van der Waals surface area contributed by atoms with Crippen LogP contribution in [0.4, 0.5) is 0 Å². The number of amides is 2. The minimum atomic E-state index is -1.16. The van der Waals surface area contributed by atoms with Gasteiger partial charge in [-0.25, -0.2) is 9.59 Å². The molecule has 2 aromatic carbocycles. The molecule has 0 radical (unpaired) electrons. The molecule has 0 aliphatic heterocycles. The molecular formula is C22H24N2O6. The Hall–Kier alpha value is -3.94. The Morgan fingerprint density at radius 2 is 1.40 bits per heavy atom. The maximum absolute atomic E-state index is 10.8. The maximum atomic E-state index is 10.8. The van der Waals surface area contributed by atoms with Crippen LogP contribution in [0.5, 0.6) is 0 Å². The van der Waals surface area contributed by atoms with Gasteiger partial charge < -0.3 is 20.8 Å². The molecule has 0 aliphatic carbocycles. The minimum Gasteiger partial charge on any atom is -0.480 e. The van der Waals surface area contributed by atoms with Gasteiger partial charge in [-0.1, -0.05) is 60.7 Å². The molecule has 0 unspecified atom stereocenters. The Labute approximate surface area is 174 Å². The summed E-state index contributed by atoms with van der Waals surface area (Å²) in [6.07, 6.45) is 1.71. The molecule has 2 amide bonds. The Morgan fingerprint density at radius 1 is 0.867 bits per heavy atom. The first-order chi connectivity index (χ1) is 14.2. The van der Waals surface area contributed by atoms with Crippen molar-refractivity contribution in [3.63, 3.8) is 0 Å². The highest BCUT2D eigenvalue weighted by molar-refractivity contribution is 5.96. The van der Waals surface area contributed by atoms with Gasteiger partial charge in [0.1, 0.15) is 11.7 Å². The SMILES string of the molecule is CC(=O)N/C(=C\c1ccccc1)C(=O)O.CC(=O)N[C@@H](Cc1ccccc1)C(=O)O. The van der Waals surface area contributed by atoms with Crippen LogP contribution in [-0.4, -0.2) is 40.0 Å². The van der Waals surface area contributed by atoms with Gasteiger partial charge in [-0.05, 0) is 17.2 Å². The fourth-order valence-electron chi connectivity index (χ4n) is 2.35. The van der Waals surface area contributed by atoms with Crippen molar-refractivity contribution in [2.24, 2.45) is 0 Å². The molecule has 0 aliphatic rings. The first-order valence-electron chi connectivity index (χ1n) is 9.00. The second kappa shape index (κ2) is 12.5. The van der Waals surface area contributed by atoms with Crippen molar-refractivity contribution in [2.45, 2.75) is 26.3 Å². The Morgan fingerprint density at radius 3 is 1.83 bits per heavy atom. The lowest BCUT2D eigenvalue weighted by atomic mass is 10.1. The van der Waals surface area contributed by atoms with Crippen molar-refractivity contribution in [2.75, 3.05) is 0 Å². The van der Waals surface area contributed by atoms with Crippen molar-refractivity contribution in [1.82, 2.24) is 10.6 Å². The van der Waals surface area contributed by atoms with Crippen LogP contribution < -0.4 is 10.6 Å². The molecule has 0 fully saturated rings. The van der Waals surface area contributed by atoms with Gasteiger partial charge in [0.15, 0.2) is 0 Å². The van der Waals surface area contributed by atoms with Crippen LogP contribution in [0, 0.1) is 0 Å². The van der Waals surface area contributed by atoms with Crippen molar-refractivity contribution in [1.29, 1.82) is 0 Å². The molecule has 2 aromatic rings. The van der Waals surface area contributed by atoms with Gasteiger partial charge in [0, 0.05) is 20.3 Å². The molecule has 8 heteroatoms. The van der Waals surface area contributed by atoms with E-state index in [0.29, 0.717) is 6.42 Å². The highest BCUT2D eigenvalue weighted by Crippen LogP contribution is 2.05. The lowest BCUT2D eigenvalue weighted by molar-refractivity contribution is -0.141. The van der Waals surface area contributed by atoms with Gasteiger partial charge in [-0.3, -0.25) is 9.59 Å². The van der Waals surface area contributed by atoms with E-state index in [1.807, 2.05) is 36.4 Å². The molecule has 8 nitrogen and oxygen atoms in total. The summed E-state index contributed by atoms with van der Waals surface area (Å²) in [7, 11) is 0. The number of nitrogens with one attached hydrogen (secondary N) is 2. The quantitative estimate of drug-likeness (QED) is 0.515. The molecule has 0 saturated heterocycles. The molecule has 1 atom stereocenters. The predicted molar refractivity (Wildman–Crippen MR) is 111 cm³/mol. The summed E-state index contributed by atoms with van der Waals surface area (Å²) in [5, 5.41) is 22.3. The third-order valence-corrected chi connectivity index (χ3v) is 3.61. The summed E-state index contributed by atoms with van der Waals surface area (Å²) in [6, 6.07) is 17.3. The van der Waals surface area contributed by atoms with E-state index in [-0.39, 0.29) is 11.6 Å². The number of carboxylic acid groups (broad SMARTS) is 2. The van der Waals surface area contributed by atoms with E-state index in [4.69, 9.17) is 10.2 Å². The summed E-state index contributed by atoms with van der Waals surface area (Å²) >= 11 is 0. The van der Waals surface area contributed by atoms with Crippen LogP contribution >= 0.6 is 0 Å². The molecule has 0 heterocycles. The van der Waals surface area contributed by atoms with E-state index in [2.05, 4.69) is 10.6 Å². The predicted octanol–water partition coefficient (Wildman–Crippen LogP) is 2.07. The van der Waals surface area contributed by atoms with E-state index in [1.165, 1.54) is 19.9 Å². The maximum Gasteiger partial charge on any atom is 0.352 e. The number of rotatable bonds is 7. The van der Waals surface area contributed by atoms with Crippen LogP contribution in [0.1, 0.15) is 25.0 Å². The van der Waals surface area contributed by atoms with Crippen LogP contribution in [0.15, 0.2) is 66.4 Å². The smallest absolute Gasteiger partial charge is 0.352 e. The summed E-state index contributed by atoms with van der Waals surface area (Å²) < 4.78 is 0. The zero-order valence-electron chi connectivity index (χ0n) is 16.7. The van der Waals surface area contributed by atoms with Crippen molar-refractivity contribution in [3.05, 3.63) is 77.5 Å². The second-order valence-corrected chi connectivity index (χ2v) is 6.24. The number of hydrogen-bond acceptors (Lipinski definition) is 4. The minimum absolute atomic E-state index is 0.131. The average molecular weight is 412 g/mol. The monoisotopic (exact) mass is 412 g/mol. The number of carboxylic acids is 2. The molecule has 0 saturated carbocycles. The van der Waals surface area contributed by atoms with Gasteiger partial charge in [-0.15, -0.1) is 0 Å². The lowest BCUT2D eigenvalue weighted by Gasteiger charge is -2.12. The van der Waals surface area contributed by atoms with E-state index >= 15 is 0 Å². The van der Waals surface area contributed by atoms with E-state index in [1.54, 1.807) is 24.3 Å². The van der Waals surface area contributed by atoms with Gasteiger partial charge in [0.25, 0.3) is 0 Å². The molecule has 2 rings (SSSR count). The molecule has 30 heavy (non-hydrogen) atoms. The van der Waals surface area contributed by atoms with Crippen LogP contribution in [-0.2, 0) is 25.6 Å². The van der Waals surface area contributed by atoms with Gasteiger partial charge >= 0.3 is 11.9 Å². The van der Waals surface area contributed by atoms with Crippen LogP contribution in [0.2, 0.25) is 0 Å². The van der Waals surface area contributed by atoms with E-state index in [0.717, 1.165) is 11.1 Å². The zero-order chi connectivity index (χ0) is 22.5. The van der Waals surface area contributed by atoms with E-state index < -0.39 is 23.9 Å². The molecular weight excluding hydrogens is 388 g/mol. The van der Waals surface area contributed by atoms with Gasteiger partial charge in [-0.2, -0.15) is 0 Å².